The molecule has 1 fully saturated rings. The van der Waals surface area contributed by atoms with Gasteiger partial charge in [-0.15, -0.1) is 0 Å². The van der Waals surface area contributed by atoms with E-state index in [-0.39, 0.29) is 41.3 Å². The molecule has 2 aromatic heterocycles. The molecule has 3 atom stereocenters. The van der Waals surface area contributed by atoms with Gasteiger partial charge in [-0.2, -0.15) is 5.26 Å². The highest BCUT2D eigenvalue weighted by Gasteiger charge is 2.29. The van der Waals surface area contributed by atoms with Crippen molar-refractivity contribution >= 4 is 11.9 Å². The fourth-order valence-electron chi connectivity index (χ4n) is 3.77. The molecule has 7 heteroatoms. The summed E-state index contributed by atoms with van der Waals surface area (Å²) in [6.07, 6.45) is 6.62. The highest BCUT2D eigenvalue weighted by Crippen LogP contribution is 2.29. The minimum atomic E-state index is -0.739. The van der Waals surface area contributed by atoms with E-state index in [4.69, 9.17) is 9.15 Å². The van der Waals surface area contributed by atoms with Gasteiger partial charge in [0.1, 0.15) is 23.0 Å². The number of carbonyl (C=O) groups is 2. The minimum Gasteiger partial charge on any atom is -0.452 e. The Bertz CT molecular complexity index is 892. The lowest BCUT2D eigenvalue weighted by molar-refractivity contribution is -0.125. The van der Waals surface area contributed by atoms with Crippen molar-refractivity contribution in [3.63, 3.8) is 0 Å². The quantitative estimate of drug-likeness (QED) is 0.799. The van der Waals surface area contributed by atoms with Crippen LogP contribution in [0.5, 0.6) is 0 Å². The van der Waals surface area contributed by atoms with E-state index in [9.17, 15) is 14.9 Å². The molecule has 2 aromatic rings. The molecule has 2 heterocycles. The van der Waals surface area contributed by atoms with Crippen LogP contribution in [0.15, 0.2) is 28.9 Å². The number of ether oxygens (including phenoxy) is 1. The number of amides is 1. The zero-order chi connectivity index (χ0) is 20.3. The number of aromatic nitrogens is 1. The first kappa shape index (κ1) is 19.7. The Morgan fingerprint density at radius 3 is 2.71 bits per heavy atom. The molecule has 1 N–H and O–H groups in total. The molecule has 0 aliphatic heterocycles. The second-order valence-electron chi connectivity index (χ2n) is 7.43. The lowest BCUT2D eigenvalue weighted by Gasteiger charge is -2.34. The largest absolute Gasteiger partial charge is 0.452 e. The van der Waals surface area contributed by atoms with Crippen molar-refractivity contribution in [2.24, 2.45) is 11.8 Å². The van der Waals surface area contributed by atoms with Gasteiger partial charge in [0.2, 0.25) is 5.88 Å². The molecule has 0 bridgehead atoms. The molecule has 0 unspecified atom stereocenters. The van der Waals surface area contributed by atoms with E-state index in [0.717, 1.165) is 12.8 Å². The number of carbonyl (C=O) groups excluding carboxylic acids is 2. The number of nitriles is 1. The van der Waals surface area contributed by atoms with Gasteiger partial charge in [0.15, 0.2) is 6.61 Å². The van der Waals surface area contributed by atoms with Crippen LogP contribution in [0.4, 0.5) is 0 Å². The molecule has 3 rings (SSSR count). The minimum absolute atomic E-state index is 0.0543. The summed E-state index contributed by atoms with van der Waals surface area (Å²) in [7, 11) is 0. The first-order chi connectivity index (χ1) is 13.4. The van der Waals surface area contributed by atoms with E-state index >= 15 is 0 Å². The van der Waals surface area contributed by atoms with E-state index in [1.54, 1.807) is 36.0 Å². The van der Waals surface area contributed by atoms with Crippen LogP contribution in [0.25, 0.3) is 5.88 Å². The van der Waals surface area contributed by atoms with E-state index in [1.165, 1.54) is 6.42 Å². The van der Waals surface area contributed by atoms with E-state index in [0.29, 0.717) is 11.8 Å². The molecular formula is C21H25N3O4. The lowest BCUT2D eigenvalue weighted by atomic mass is 9.78. The molecule has 1 aliphatic carbocycles. The third-order valence-electron chi connectivity index (χ3n) is 5.61. The van der Waals surface area contributed by atoms with Crippen LogP contribution in [0.1, 0.15) is 54.8 Å². The smallest absolute Gasteiger partial charge is 0.343 e. The highest BCUT2D eigenvalue weighted by molar-refractivity contribution is 5.95. The molecule has 28 heavy (non-hydrogen) atoms. The molecule has 1 aliphatic rings. The molecular weight excluding hydrogens is 358 g/mol. The Balaban J connectivity index is 1.65. The summed E-state index contributed by atoms with van der Waals surface area (Å²) in [4.78, 5) is 24.8. The highest BCUT2D eigenvalue weighted by atomic mass is 16.5. The maximum absolute atomic E-state index is 12.5. The summed E-state index contributed by atoms with van der Waals surface area (Å²) in [5.41, 5.74) is 0.146. The van der Waals surface area contributed by atoms with Gasteiger partial charge in [-0.3, -0.25) is 9.36 Å². The van der Waals surface area contributed by atoms with Gasteiger partial charge in [0, 0.05) is 18.4 Å². The third-order valence-corrected chi connectivity index (χ3v) is 5.61. The first-order valence-corrected chi connectivity index (χ1v) is 9.55. The predicted octanol–water partition coefficient (Wildman–Crippen LogP) is 3.35. The second kappa shape index (κ2) is 8.34. The van der Waals surface area contributed by atoms with Crippen LogP contribution in [-0.4, -0.2) is 29.1 Å². The third kappa shape index (κ3) is 3.96. The molecule has 1 amide bonds. The predicted molar refractivity (Wildman–Crippen MR) is 102 cm³/mol. The molecule has 148 valence electrons. The average Bonchev–Trinajstić information content (AvgIpc) is 3.30. The Labute approximate surface area is 164 Å². The van der Waals surface area contributed by atoms with Crippen molar-refractivity contribution in [3.8, 4) is 12.0 Å². The number of aryl methyl sites for hydroxylation is 1. The summed E-state index contributed by atoms with van der Waals surface area (Å²) in [6.45, 7) is 5.54. The first-order valence-electron chi connectivity index (χ1n) is 9.55. The van der Waals surface area contributed by atoms with Crippen molar-refractivity contribution < 1.29 is 18.7 Å². The molecule has 0 aromatic carbocycles. The van der Waals surface area contributed by atoms with Gasteiger partial charge >= 0.3 is 5.97 Å². The summed E-state index contributed by atoms with van der Waals surface area (Å²) in [6, 6.07) is 5.67. The number of esters is 1. The zero-order valence-electron chi connectivity index (χ0n) is 16.4. The number of nitrogens with one attached hydrogen (secondary N) is 1. The topological polar surface area (TPSA) is 97.3 Å². The van der Waals surface area contributed by atoms with Gasteiger partial charge in [-0.05, 0) is 37.3 Å². The van der Waals surface area contributed by atoms with Gasteiger partial charge < -0.3 is 14.5 Å². The molecule has 7 nitrogen and oxygen atoms in total. The van der Waals surface area contributed by atoms with Crippen molar-refractivity contribution in [1.29, 1.82) is 5.26 Å². The maximum Gasteiger partial charge on any atom is 0.343 e. The summed E-state index contributed by atoms with van der Waals surface area (Å²) in [5.74, 6) is 0.409. The number of nitrogens with zero attached hydrogens (tertiary/aromatic N) is 2. The van der Waals surface area contributed by atoms with Crippen molar-refractivity contribution in [1.82, 2.24) is 9.88 Å². The standard InChI is InChI=1S/C21H25N3O4/c1-13-7-6-8-17(14(13)2)23-18(25)12-27-21(26)19-15(3)28-20(16(19)11-22)24-9-4-5-10-24/h4-5,9-10,13-14,17H,6-8,12H2,1-3H3,(H,23,25)/t13-,14+,17-/m1/s1. The van der Waals surface area contributed by atoms with Gasteiger partial charge in [-0.1, -0.05) is 26.7 Å². The van der Waals surface area contributed by atoms with Crippen molar-refractivity contribution in [3.05, 3.63) is 41.4 Å². The van der Waals surface area contributed by atoms with Crippen molar-refractivity contribution in [2.45, 2.75) is 46.1 Å². The summed E-state index contributed by atoms with van der Waals surface area (Å²) < 4.78 is 12.4. The van der Waals surface area contributed by atoms with Crippen LogP contribution >= 0.6 is 0 Å². The van der Waals surface area contributed by atoms with Crippen molar-refractivity contribution in [2.75, 3.05) is 6.61 Å². The molecule has 1 saturated carbocycles. The number of hydrogen-bond acceptors (Lipinski definition) is 5. The van der Waals surface area contributed by atoms with Gasteiger partial charge in [0.05, 0.1) is 0 Å². The van der Waals surface area contributed by atoms with Crippen LogP contribution in [0, 0.1) is 30.1 Å². The normalized spacial score (nSPS) is 21.7. The number of hydrogen-bond donors (Lipinski definition) is 1. The molecule has 0 radical (unpaired) electrons. The van der Waals surface area contributed by atoms with Crippen LogP contribution in [0.2, 0.25) is 0 Å². The fourth-order valence-corrected chi connectivity index (χ4v) is 3.77. The van der Waals surface area contributed by atoms with E-state index < -0.39 is 5.97 Å². The van der Waals surface area contributed by atoms with Gasteiger partial charge in [0.25, 0.3) is 5.91 Å². The Morgan fingerprint density at radius 2 is 2.04 bits per heavy atom. The lowest BCUT2D eigenvalue weighted by Crippen LogP contribution is -2.45. The average molecular weight is 383 g/mol. The Kier molecular flexibility index (Phi) is 5.88. The van der Waals surface area contributed by atoms with E-state index in [2.05, 4.69) is 19.2 Å². The zero-order valence-corrected chi connectivity index (χ0v) is 16.4. The Morgan fingerprint density at radius 1 is 1.32 bits per heavy atom. The van der Waals surface area contributed by atoms with E-state index in [1.807, 2.05) is 6.07 Å². The Hall–Kier alpha value is -3.01. The van der Waals surface area contributed by atoms with Crippen LogP contribution < -0.4 is 5.32 Å². The summed E-state index contributed by atoms with van der Waals surface area (Å²) in [5, 5.41) is 12.5. The fraction of sp³-hybridized carbons (Fsp3) is 0.476. The SMILES string of the molecule is Cc1oc(-n2cccc2)c(C#N)c1C(=O)OCC(=O)N[C@@H]1CCC[C@@H](C)[C@@H]1C. The number of furan rings is 1. The maximum atomic E-state index is 12.5. The van der Waals surface area contributed by atoms with Crippen LogP contribution in [0.3, 0.4) is 0 Å². The summed E-state index contributed by atoms with van der Waals surface area (Å²) >= 11 is 0. The van der Waals surface area contributed by atoms with Gasteiger partial charge in [-0.25, -0.2) is 4.79 Å². The van der Waals surface area contributed by atoms with Crippen LogP contribution in [-0.2, 0) is 9.53 Å². The monoisotopic (exact) mass is 383 g/mol. The second-order valence-corrected chi connectivity index (χ2v) is 7.43. The molecule has 0 spiro atoms. The number of rotatable bonds is 5. The molecule has 0 saturated heterocycles.